The van der Waals surface area contributed by atoms with E-state index < -0.39 is 0 Å². The monoisotopic (exact) mass is 131 g/mol. The molecule has 0 aliphatic heterocycles. The Kier molecular flexibility index (Phi) is 2.25. The Morgan fingerprint density at radius 1 is 1.00 bits per heavy atom. The zero-order chi connectivity index (χ0) is 7.71. The molecule has 0 spiro atoms. The Morgan fingerprint density at radius 2 is 1.33 bits per heavy atom. The second-order valence-corrected chi connectivity index (χ2v) is 3.88. The van der Waals surface area contributed by atoms with Crippen LogP contribution in [0.1, 0.15) is 34.6 Å². The first-order valence-corrected chi connectivity index (χ1v) is 3.19. The van der Waals surface area contributed by atoms with Crippen molar-refractivity contribution in [3.05, 3.63) is 0 Å². The van der Waals surface area contributed by atoms with Crippen LogP contribution in [0.2, 0.25) is 0 Å². The van der Waals surface area contributed by atoms with Crippen molar-refractivity contribution < 1.29 is 4.84 Å². The van der Waals surface area contributed by atoms with Crippen LogP contribution in [0.25, 0.3) is 0 Å². The van der Waals surface area contributed by atoms with Gasteiger partial charge in [0.2, 0.25) is 0 Å². The molecule has 2 N–H and O–H groups in total. The molecule has 0 saturated heterocycles. The summed E-state index contributed by atoms with van der Waals surface area (Å²) in [4.78, 5) is 4.80. The molecule has 56 valence electrons. The SMILES string of the molecule is CC(C)(C)C(C)(C)ON. The molecule has 2 nitrogen and oxygen atoms in total. The number of hydrogen-bond donors (Lipinski definition) is 1. The van der Waals surface area contributed by atoms with Crippen LogP contribution in [0.15, 0.2) is 0 Å². The molecule has 0 heterocycles. The van der Waals surface area contributed by atoms with Crippen LogP contribution in [-0.2, 0) is 4.84 Å². The summed E-state index contributed by atoms with van der Waals surface area (Å²) in [5.74, 6) is 5.09. The van der Waals surface area contributed by atoms with Crippen LogP contribution >= 0.6 is 0 Å². The first-order chi connectivity index (χ1) is 3.81. The molecule has 0 saturated carbocycles. The van der Waals surface area contributed by atoms with Gasteiger partial charge < -0.3 is 0 Å². The predicted molar refractivity (Wildman–Crippen MR) is 38.8 cm³/mol. The molecule has 0 unspecified atom stereocenters. The zero-order valence-corrected chi connectivity index (χ0v) is 6.99. The van der Waals surface area contributed by atoms with Crippen molar-refractivity contribution in [2.24, 2.45) is 11.3 Å². The molecular formula is C7H17NO. The summed E-state index contributed by atoms with van der Waals surface area (Å²) in [5, 5.41) is 0. The summed E-state index contributed by atoms with van der Waals surface area (Å²) in [6, 6.07) is 0. The van der Waals surface area contributed by atoms with Gasteiger partial charge in [0.15, 0.2) is 0 Å². The summed E-state index contributed by atoms with van der Waals surface area (Å²) in [6.45, 7) is 10.2. The van der Waals surface area contributed by atoms with E-state index in [2.05, 4.69) is 20.8 Å². The highest BCUT2D eigenvalue weighted by Gasteiger charge is 2.33. The van der Waals surface area contributed by atoms with E-state index in [1.165, 1.54) is 0 Å². The molecule has 0 aromatic rings. The van der Waals surface area contributed by atoms with E-state index in [4.69, 9.17) is 10.7 Å². The van der Waals surface area contributed by atoms with Gasteiger partial charge in [0.1, 0.15) is 0 Å². The molecule has 0 aromatic heterocycles. The predicted octanol–water partition coefficient (Wildman–Crippen LogP) is 1.70. The minimum absolute atomic E-state index is 0.0990. The topological polar surface area (TPSA) is 35.2 Å². The van der Waals surface area contributed by atoms with Crippen molar-refractivity contribution in [2.75, 3.05) is 0 Å². The van der Waals surface area contributed by atoms with Gasteiger partial charge in [0, 0.05) is 0 Å². The lowest BCUT2D eigenvalue weighted by Gasteiger charge is -2.36. The first-order valence-electron chi connectivity index (χ1n) is 3.19. The van der Waals surface area contributed by atoms with Gasteiger partial charge in [-0.2, -0.15) is 0 Å². The minimum atomic E-state index is -0.243. The highest BCUT2D eigenvalue weighted by Crippen LogP contribution is 2.31. The van der Waals surface area contributed by atoms with Gasteiger partial charge in [-0.05, 0) is 19.3 Å². The normalized spacial score (nSPS) is 14.0. The van der Waals surface area contributed by atoms with Crippen LogP contribution in [-0.4, -0.2) is 5.60 Å². The third-order valence-electron chi connectivity index (χ3n) is 2.10. The molecule has 0 rings (SSSR count). The first kappa shape index (κ1) is 8.92. The van der Waals surface area contributed by atoms with Gasteiger partial charge >= 0.3 is 0 Å². The van der Waals surface area contributed by atoms with Crippen LogP contribution in [0, 0.1) is 5.41 Å². The molecule has 0 aromatic carbocycles. The van der Waals surface area contributed by atoms with E-state index in [-0.39, 0.29) is 11.0 Å². The van der Waals surface area contributed by atoms with Gasteiger partial charge in [-0.3, -0.25) is 4.84 Å². The van der Waals surface area contributed by atoms with Crippen LogP contribution in [0.3, 0.4) is 0 Å². The molecular weight excluding hydrogens is 114 g/mol. The number of hydrogen-bond acceptors (Lipinski definition) is 2. The molecule has 0 atom stereocenters. The fourth-order valence-electron chi connectivity index (χ4n) is 0.177. The zero-order valence-electron chi connectivity index (χ0n) is 6.99. The Morgan fingerprint density at radius 3 is 1.33 bits per heavy atom. The van der Waals surface area contributed by atoms with Gasteiger partial charge in [0.25, 0.3) is 0 Å². The fourth-order valence-corrected chi connectivity index (χ4v) is 0.177. The summed E-state index contributed by atoms with van der Waals surface area (Å²) in [7, 11) is 0. The third kappa shape index (κ3) is 1.95. The van der Waals surface area contributed by atoms with Crippen LogP contribution in [0.5, 0.6) is 0 Å². The molecule has 9 heavy (non-hydrogen) atoms. The average Bonchev–Trinajstić information content (AvgIpc) is 1.64. The maximum Gasteiger partial charge on any atom is 0.0885 e. The highest BCUT2D eigenvalue weighted by molar-refractivity contribution is 4.82. The Hall–Kier alpha value is -0.0800. The van der Waals surface area contributed by atoms with Crippen molar-refractivity contribution >= 4 is 0 Å². The standard InChI is InChI=1S/C7H17NO/c1-6(2,3)7(4,5)9-8/h8H2,1-5H3. The summed E-state index contributed by atoms with van der Waals surface area (Å²) >= 11 is 0. The highest BCUT2D eigenvalue weighted by atomic mass is 16.6. The summed E-state index contributed by atoms with van der Waals surface area (Å²) in [5.41, 5.74) is -0.144. The summed E-state index contributed by atoms with van der Waals surface area (Å²) < 4.78 is 0. The Bertz CT molecular complexity index is 91.6. The molecule has 0 fully saturated rings. The van der Waals surface area contributed by atoms with Crippen molar-refractivity contribution in [1.29, 1.82) is 0 Å². The molecule has 2 heteroatoms. The second-order valence-electron chi connectivity index (χ2n) is 3.88. The van der Waals surface area contributed by atoms with Gasteiger partial charge in [-0.25, -0.2) is 5.90 Å². The van der Waals surface area contributed by atoms with Crippen molar-refractivity contribution in [1.82, 2.24) is 0 Å². The van der Waals surface area contributed by atoms with E-state index in [9.17, 15) is 0 Å². The third-order valence-corrected chi connectivity index (χ3v) is 2.10. The smallest absolute Gasteiger partial charge is 0.0885 e. The van der Waals surface area contributed by atoms with E-state index in [0.29, 0.717) is 0 Å². The van der Waals surface area contributed by atoms with E-state index >= 15 is 0 Å². The fraction of sp³-hybridized carbons (Fsp3) is 1.00. The molecule has 0 amide bonds. The lowest BCUT2D eigenvalue weighted by atomic mass is 9.79. The molecule has 0 aliphatic carbocycles. The van der Waals surface area contributed by atoms with Gasteiger partial charge in [-0.15, -0.1) is 0 Å². The van der Waals surface area contributed by atoms with E-state index in [1.54, 1.807) is 0 Å². The van der Waals surface area contributed by atoms with Crippen LogP contribution in [0.4, 0.5) is 0 Å². The van der Waals surface area contributed by atoms with Crippen molar-refractivity contribution in [3.63, 3.8) is 0 Å². The average molecular weight is 131 g/mol. The van der Waals surface area contributed by atoms with Gasteiger partial charge in [0.05, 0.1) is 5.60 Å². The summed E-state index contributed by atoms with van der Waals surface area (Å²) in [6.07, 6.45) is 0. The Labute approximate surface area is 57.3 Å². The van der Waals surface area contributed by atoms with Gasteiger partial charge in [-0.1, -0.05) is 20.8 Å². The molecule has 0 radical (unpaired) electrons. The molecule has 0 aliphatic rings. The number of rotatable bonds is 1. The number of nitrogens with two attached hydrogens (primary N) is 1. The lowest BCUT2D eigenvalue weighted by Crippen LogP contribution is -2.41. The molecule has 0 bridgehead atoms. The largest absolute Gasteiger partial charge is 0.298 e. The van der Waals surface area contributed by atoms with Crippen LogP contribution < -0.4 is 5.90 Å². The van der Waals surface area contributed by atoms with E-state index in [0.717, 1.165) is 0 Å². The second kappa shape index (κ2) is 2.27. The lowest BCUT2D eigenvalue weighted by molar-refractivity contribution is -0.0928. The maximum atomic E-state index is 5.09. The van der Waals surface area contributed by atoms with Crippen molar-refractivity contribution in [2.45, 2.75) is 40.2 Å². The maximum absolute atomic E-state index is 5.09. The minimum Gasteiger partial charge on any atom is -0.298 e. The van der Waals surface area contributed by atoms with Crippen molar-refractivity contribution in [3.8, 4) is 0 Å². The van der Waals surface area contributed by atoms with E-state index in [1.807, 2.05) is 13.8 Å². The Balaban J connectivity index is 4.14. The quantitative estimate of drug-likeness (QED) is 0.550.